The Balaban J connectivity index is 1.83. The molecule has 6 nitrogen and oxygen atoms in total. The number of carbonyl (C=O) groups excluding carboxylic acids is 2. The molecule has 0 atom stereocenters. The first-order valence-electron chi connectivity index (χ1n) is 8.74. The number of hydrogen-bond donors (Lipinski definition) is 1. The van der Waals surface area contributed by atoms with Gasteiger partial charge in [0.2, 0.25) is 5.91 Å². The molecule has 0 heterocycles. The number of benzene rings is 2. The van der Waals surface area contributed by atoms with Gasteiger partial charge in [-0.2, -0.15) is 0 Å². The van der Waals surface area contributed by atoms with Crippen molar-refractivity contribution in [1.82, 2.24) is 5.32 Å². The number of rotatable bonds is 9. The minimum absolute atomic E-state index is 0.0660. The fourth-order valence-electron chi connectivity index (χ4n) is 2.53. The van der Waals surface area contributed by atoms with E-state index in [-0.39, 0.29) is 18.5 Å². The molecule has 0 aromatic heterocycles. The van der Waals surface area contributed by atoms with E-state index in [1.165, 1.54) is 7.11 Å². The second-order valence-corrected chi connectivity index (χ2v) is 5.94. The third kappa shape index (κ3) is 6.06. The first-order chi connectivity index (χ1) is 13.6. The molecule has 28 heavy (non-hydrogen) atoms. The Morgan fingerprint density at radius 1 is 1.04 bits per heavy atom. The maximum Gasteiger partial charge on any atom is 0.337 e. The SMILES string of the molecule is C#CCOc1ccc(CCC(=O)NCc2ccc(C(=O)OC)cc2)cc1OC. The van der Waals surface area contributed by atoms with Crippen molar-refractivity contribution in [1.29, 1.82) is 0 Å². The molecule has 0 spiro atoms. The maximum atomic E-state index is 12.1. The predicted octanol–water partition coefficient (Wildman–Crippen LogP) is 2.74. The molecule has 1 N–H and O–H groups in total. The molecule has 0 aliphatic carbocycles. The van der Waals surface area contributed by atoms with Crippen LogP contribution in [0.15, 0.2) is 42.5 Å². The summed E-state index contributed by atoms with van der Waals surface area (Å²) in [4.78, 5) is 23.5. The quantitative estimate of drug-likeness (QED) is 0.534. The molecule has 0 fully saturated rings. The second kappa shape index (κ2) is 10.6. The van der Waals surface area contributed by atoms with Crippen molar-refractivity contribution in [2.45, 2.75) is 19.4 Å². The number of esters is 1. The molecule has 0 saturated carbocycles. The third-order valence-electron chi connectivity index (χ3n) is 4.04. The van der Waals surface area contributed by atoms with Crippen LogP contribution in [0.1, 0.15) is 27.9 Å². The van der Waals surface area contributed by atoms with Crippen molar-refractivity contribution in [3.8, 4) is 23.8 Å². The fourth-order valence-corrected chi connectivity index (χ4v) is 2.53. The van der Waals surface area contributed by atoms with Gasteiger partial charge in [0.25, 0.3) is 0 Å². The molecule has 6 heteroatoms. The number of carbonyl (C=O) groups is 2. The van der Waals surface area contributed by atoms with E-state index >= 15 is 0 Å². The van der Waals surface area contributed by atoms with Gasteiger partial charge in [-0.3, -0.25) is 4.79 Å². The first kappa shape index (κ1) is 20.8. The number of nitrogens with one attached hydrogen (secondary N) is 1. The molecular formula is C22H23NO5. The van der Waals surface area contributed by atoms with Crippen LogP contribution >= 0.6 is 0 Å². The van der Waals surface area contributed by atoms with E-state index in [0.29, 0.717) is 36.4 Å². The van der Waals surface area contributed by atoms with Crippen LogP contribution in [0.4, 0.5) is 0 Å². The van der Waals surface area contributed by atoms with Gasteiger partial charge >= 0.3 is 5.97 Å². The zero-order chi connectivity index (χ0) is 20.4. The van der Waals surface area contributed by atoms with Crippen LogP contribution in [0.5, 0.6) is 11.5 Å². The third-order valence-corrected chi connectivity index (χ3v) is 4.04. The summed E-state index contributed by atoms with van der Waals surface area (Å²) >= 11 is 0. The predicted molar refractivity (Wildman–Crippen MR) is 105 cm³/mol. The van der Waals surface area contributed by atoms with Crippen LogP contribution < -0.4 is 14.8 Å². The van der Waals surface area contributed by atoms with Crippen molar-refractivity contribution in [2.24, 2.45) is 0 Å². The van der Waals surface area contributed by atoms with Crippen molar-refractivity contribution in [3.63, 3.8) is 0 Å². The summed E-state index contributed by atoms with van der Waals surface area (Å²) in [6, 6.07) is 12.4. The van der Waals surface area contributed by atoms with Crippen molar-refractivity contribution in [3.05, 3.63) is 59.2 Å². The van der Waals surface area contributed by atoms with E-state index in [9.17, 15) is 9.59 Å². The van der Waals surface area contributed by atoms with E-state index in [0.717, 1.165) is 11.1 Å². The van der Waals surface area contributed by atoms with Crippen LogP contribution in [0.25, 0.3) is 0 Å². The largest absolute Gasteiger partial charge is 0.493 e. The van der Waals surface area contributed by atoms with Crippen LogP contribution in [0.3, 0.4) is 0 Å². The molecule has 146 valence electrons. The smallest absolute Gasteiger partial charge is 0.337 e. The van der Waals surface area contributed by atoms with Crippen molar-refractivity contribution >= 4 is 11.9 Å². The summed E-state index contributed by atoms with van der Waals surface area (Å²) in [5.41, 5.74) is 2.33. The van der Waals surface area contributed by atoms with Crippen molar-refractivity contribution < 1.29 is 23.8 Å². The van der Waals surface area contributed by atoms with Gasteiger partial charge < -0.3 is 19.5 Å². The van der Waals surface area contributed by atoms with E-state index in [1.54, 1.807) is 37.4 Å². The van der Waals surface area contributed by atoms with Gasteiger partial charge in [-0.15, -0.1) is 6.42 Å². The summed E-state index contributed by atoms with van der Waals surface area (Å²) in [6.45, 7) is 0.557. The zero-order valence-corrected chi connectivity index (χ0v) is 16.0. The lowest BCUT2D eigenvalue weighted by Gasteiger charge is -2.11. The lowest BCUT2D eigenvalue weighted by molar-refractivity contribution is -0.121. The Morgan fingerprint density at radius 3 is 2.39 bits per heavy atom. The number of amides is 1. The highest BCUT2D eigenvalue weighted by molar-refractivity contribution is 5.89. The molecule has 0 aliphatic rings. The molecule has 0 saturated heterocycles. The Labute approximate surface area is 164 Å². The highest BCUT2D eigenvalue weighted by Crippen LogP contribution is 2.28. The minimum Gasteiger partial charge on any atom is -0.493 e. The van der Waals surface area contributed by atoms with Crippen LogP contribution in [0.2, 0.25) is 0 Å². The van der Waals surface area contributed by atoms with Gasteiger partial charge in [0.15, 0.2) is 11.5 Å². The number of methoxy groups -OCH3 is 2. The molecule has 2 aromatic carbocycles. The molecule has 0 bridgehead atoms. The van der Waals surface area contributed by atoms with E-state index in [4.69, 9.17) is 15.9 Å². The van der Waals surface area contributed by atoms with Gasteiger partial charge in [-0.1, -0.05) is 24.1 Å². The molecular weight excluding hydrogens is 358 g/mol. The van der Waals surface area contributed by atoms with Crippen LogP contribution in [-0.4, -0.2) is 32.7 Å². The van der Waals surface area contributed by atoms with E-state index in [1.807, 2.05) is 12.1 Å². The topological polar surface area (TPSA) is 73.9 Å². The molecule has 1 amide bonds. The van der Waals surface area contributed by atoms with Gasteiger partial charge in [0.05, 0.1) is 19.8 Å². The summed E-state index contributed by atoms with van der Waals surface area (Å²) < 4.78 is 15.4. The molecule has 2 aromatic rings. The Hall–Kier alpha value is -3.46. The van der Waals surface area contributed by atoms with Gasteiger partial charge in [0, 0.05) is 13.0 Å². The fraction of sp³-hybridized carbons (Fsp3) is 0.273. The summed E-state index contributed by atoms with van der Waals surface area (Å²) in [5.74, 6) is 3.11. The van der Waals surface area contributed by atoms with Crippen LogP contribution in [-0.2, 0) is 22.5 Å². The number of ether oxygens (including phenoxy) is 3. The average molecular weight is 381 g/mol. The monoisotopic (exact) mass is 381 g/mol. The lowest BCUT2D eigenvalue weighted by Crippen LogP contribution is -2.23. The number of terminal acetylenes is 1. The first-order valence-corrected chi connectivity index (χ1v) is 8.74. The zero-order valence-electron chi connectivity index (χ0n) is 16.0. The Kier molecular flexibility index (Phi) is 7.92. The molecule has 0 radical (unpaired) electrons. The van der Waals surface area contributed by atoms with Gasteiger partial charge in [-0.05, 0) is 41.8 Å². The second-order valence-electron chi connectivity index (χ2n) is 5.94. The molecule has 0 aliphatic heterocycles. The van der Waals surface area contributed by atoms with Crippen LogP contribution in [0, 0.1) is 12.3 Å². The summed E-state index contributed by atoms with van der Waals surface area (Å²) in [6.07, 6.45) is 6.11. The van der Waals surface area contributed by atoms with E-state index in [2.05, 4.69) is 16.0 Å². The summed E-state index contributed by atoms with van der Waals surface area (Å²) in [7, 11) is 2.89. The lowest BCUT2D eigenvalue weighted by atomic mass is 10.1. The normalized spacial score (nSPS) is 9.89. The maximum absolute atomic E-state index is 12.1. The van der Waals surface area contributed by atoms with Gasteiger partial charge in [0.1, 0.15) is 6.61 Å². The Bertz CT molecular complexity index is 852. The molecule has 0 unspecified atom stereocenters. The highest BCUT2D eigenvalue weighted by atomic mass is 16.5. The average Bonchev–Trinajstić information content (AvgIpc) is 2.74. The highest BCUT2D eigenvalue weighted by Gasteiger charge is 2.08. The van der Waals surface area contributed by atoms with Gasteiger partial charge in [-0.25, -0.2) is 4.79 Å². The van der Waals surface area contributed by atoms with E-state index < -0.39 is 0 Å². The number of hydrogen-bond acceptors (Lipinski definition) is 5. The van der Waals surface area contributed by atoms with Crippen molar-refractivity contribution in [2.75, 3.05) is 20.8 Å². The minimum atomic E-state index is -0.387. The number of aryl methyl sites for hydroxylation is 1. The summed E-state index contributed by atoms with van der Waals surface area (Å²) in [5, 5.41) is 2.87. The Morgan fingerprint density at radius 2 is 1.75 bits per heavy atom. The standard InChI is InChI=1S/C22H23NO5/c1-4-13-28-19-11-7-16(14-20(19)26-2)8-12-21(24)23-15-17-5-9-18(10-6-17)22(25)27-3/h1,5-7,9-11,14H,8,12-13,15H2,2-3H3,(H,23,24). The molecule has 2 rings (SSSR count).